The summed E-state index contributed by atoms with van der Waals surface area (Å²) in [6.07, 6.45) is 1.60. The highest BCUT2D eigenvalue weighted by molar-refractivity contribution is 6.32. The van der Waals surface area contributed by atoms with E-state index in [1.807, 2.05) is 19.1 Å². The van der Waals surface area contributed by atoms with Crippen molar-refractivity contribution in [3.05, 3.63) is 53.3 Å². The van der Waals surface area contributed by atoms with Gasteiger partial charge in [-0.2, -0.15) is 0 Å². The third-order valence-corrected chi connectivity index (χ3v) is 4.81. The average molecular weight is 389 g/mol. The second kappa shape index (κ2) is 9.69. The second-order valence-electron chi connectivity index (χ2n) is 6.52. The molecule has 0 unspecified atom stereocenters. The molecule has 0 atom stereocenters. The summed E-state index contributed by atoms with van der Waals surface area (Å²) in [7, 11) is 0. The number of carbonyl (C=O) groups excluding carboxylic acids is 1. The summed E-state index contributed by atoms with van der Waals surface area (Å²) in [6.45, 7) is 7.56. The van der Waals surface area contributed by atoms with Crippen molar-refractivity contribution in [1.82, 2.24) is 14.8 Å². The Labute approximate surface area is 165 Å². The number of halogens is 1. The summed E-state index contributed by atoms with van der Waals surface area (Å²) >= 11 is 5.98. The molecule has 6 nitrogen and oxygen atoms in total. The summed E-state index contributed by atoms with van der Waals surface area (Å²) in [5, 5.41) is 3.13. The molecule has 27 heavy (non-hydrogen) atoms. The van der Waals surface area contributed by atoms with Crippen LogP contribution in [0.3, 0.4) is 0 Å². The number of benzene rings is 1. The van der Waals surface area contributed by atoms with Crippen LogP contribution in [0.25, 0.3) is 0 Å². The maximum absolute atomic E-state index is 12.2. The molecule has 2 aromatic rings. The number of pyridine rings is 1. The molecule has 2 heterocycles. The van der Waals surface area contributed by atoms with Crippen LogP contribution in [0.4, 0.5) is 5.69 Å². The molecule has 3 rings (SSSR count). The van der Waals surface area contributed by atoms with E-state index in [1.165, 1.54) is 5.56 Å². The SMILES string of the molecule is CCOc1ccc(CN2CCN(CC(=O)Nc3cccnc3Cl)CC2)cc1. The van der Waals surface area contributed by atoms with Crippen molar-refractivity contribution >= 4 is 23.2 Å². The van der Waals surface area contributed by atoms with E-state index in [4.69, 9.17) is 16.3 Å². The summed E-state index contributed by atoms with van der Waals surface area (Å²) < 4.78 is 5.48. The van der Waals surface area contributed by atoms with Gasteiger partial charge >= 0.3 is 0 Å². The number of piperazine rings is 1. The minimum absolute atomic E-state index is 0.0649. The molecule has 1 saturated heterocycles. The van der Waals surface area contributed by atoms with Crippen LogP contribution in [0.1, 0.15) is 12.5 Å². The fourth-order valence-electron chi connectivity index (χ4n) is 3.09. The Morgan fingerprint density at radius 3 is 2.52 bits per heavy atom. The van der Waals surface area contributed by atoms with Gasteiger partial charge in [-0.05, 0) is 36.8 Å². The number of amides is 1. The normalized spacial score (nSPS) is 15.5. The predicted octanol–water partition coefficient (Wildman–Crippen LogP) is 2.89. The van der Waals surface area contributed by atoms with Crippen LogP contribution in [0.5, 0.6) is 5.75 Å². The molecule has 0 aliphatic carbocycles. The molecular formula is C20H25ClN4O2. The molecule has 0 radical (unpaired) electrons. The molecule has 1 aromatic heterocycles. The van der Waals surface area contributed by atoms with Gasteiger partial charge in [-0.25, -0.2) is 4.98 Å². The first-order valence-electron chi connectivity index (χ1n) is 9.21. The van der Waals surface area contributed by atoms with Crippen LogP contribution in [-0.4, -0.2) is 60.0 Å². The molecular weight excluding hydrogens is 364 g/mol. The number of hydrogen-bond donors (Lipinski definition) is 1. The van der Waals surface area contributed by atoms with Crippen molar-refractivity contribution in [2.75, 3.05) is 44.6 Å². The third kappa shape index (κ3) is 5.92. The lowest BCUT2D eigenvalue weighted by Crippen LogP contribution is -2.48. The number of anilines is 1. The smallest absolute Gasteiger partial charge is 0.238 e. The highest BCUT2D eigenvalue weighted by Crippen LogP contribution is 2.18. The maximum Gasteiger partial charge on any atom is 0.238 e. The molecule has 0 saturated carbocycles. The first-order valence-corrected chi connectivity index (χ1v) is 9.58. The zero-order chi connectivity index (χ0) is 19.1. The molecule has 1 aliphatic rings. The van der Waals surface area contributed by atoms with Crippen molar-refractivity contribution < 1.29 is 9.53 Å². The lowest BCUT2D eigenvalue weighted by Gasteiger charge is -2.34. The quantitative estimate of drug-likeness (QED) is 0.739. The van der Waals surface area contributed by atoms with E-state index < -0.39 is 0 Å². The van der Waals surface area contributed by atoms with E-state index in [0.717, 1.165) is 38.5 Å². The number of nitrogens with one attached hydrogen (secondary N) is 1. The second-order valence-corrected chi connectivity index (χ2v) is 6.88. The maximum atomic E-state index is 12.2. The average Bonchev–Trinajstić information content (AvgIpc) is 2.67. The van der Waals surface area contributed by atoms with Crippen LogP contribution in [-0.2, 0) is 11.3 Å². The van der Waals surface area contributed by atoms with E-state index in [2.05, 4.69) is 32.2 Å². The van der Waals surface area contributed by atoms with Crippen LogP contribution in [0.15, 0.2) is 42.6 Å². The Hall–Kier alpha value is -2.15. The summed E-state index contributed by atoms with van der Waals surface area (Å²) in [4.78, 5) is 20.8. The third-order valence-electron chi connectivity index (χ3n) is 4.51. The predicted molar refractivity (Wildman–Crippen MR) is 107 cm³/mol. The van der Waals surface area contributed by atoms with Crippen molar-refractivity contribution in [2.45, 2.75) is 13.5 Å². The van der Waals surface area contributed by atoms with Gasteiger partial charge in [0.25, 0.3) is 0 Å². The van der Waals surface area contributed by atoms with Crippen LogP contribution >= 0.6 is 11.6 Å². The van der Waals surface area contributed by atoms with Crippen molar-refractivity contribution in [1.29, 1.82) is 0 Å². The largest absolute Gasteiger partial charge is 0.494 e. The van der Waals surface area contributed by atoms with Gasteiger partial charge < -0.3 is 10.1 Å². The number of nitrogens with zero attached hydrogens (tertiary/aromatic N) is 3. The Kier molecular flexibility index (Phi) is 7.04. The Morgan fingerprint density at radius 2 is 1.85 bits per heavy atom. The number of carbonyl (C=O) groups is 1. The fraction of sp³-hybridized carbons (Fsp3) is 0.400. The Bertz CT molecular complexity index is 746. The minimum Gasteiger partial charge on any atom is -0.494 e. The first kappa shape index (κ1) is 19.6. The highest BCUT2D eigenvalue weighted by atomic mass is 35.5. The molecule has 0 spiro atoms. The molecule has 7 heteroatoms. The van der Waals surface area contributed by atoms with Gasteiger partial charge in [-0.15, -0.1) is 0 Å². The van der Waals surface area contributed by atoms with Gasteiger partial charge in [-0.1, -0.05) is 23.7 Å². The van der Waals surface area contributed by atoms with Crippen LogP contribution < -0.4 is 10.1 Å². The Morgan fingerprint density at radius 1 is 1.15 bits per heavy atom. The van der Waals surface area contributed by atoms with Crippen LogP contribution in [0.2, 0.25) is 5.15 Å². The Balaban J connectivity index is 1.42. The summed E-state index contributed by atoms with van der Waals surface area (Å²) in [5.41, 5.74) is 1.83. The van der Waals surface area contributed by atoms with E-state index in [9.17, 15) is 4.79 Å². The molecule has 1 N–H and O–H groups in total. The zero-order valence-corrected chi connectivity index (χ0v) is 16.3. The molecule has 1 aromatic carbocycles. The van der Waals surface area contributed by atoms with Gasteiger partial charge in [0, 0.05) is 38.9 Å². The number of ether oxygens (including phenoxy) is 1. The van der Waals surface area contributed by atoms with Crippen molar-refractivity contribution in [3.8, 4) is 5.75 Å². The highest BCUT2D eigenvalue weighted by Gasteiger charge is 2.19. The van der Waals surface area contributed by atoms with Gasteiger partial charge in [0.2, 0.25) is 5.91 Å². The van der Waals surface area contributed by atoms with E-state index in [-0.39, 0.29) is 5.91 Å². The molecule has 1 aliphatic heterocycles. The van der Waals surface area contributed by atoms with Crippen molar-refractivity contribution in [3.63, 3.8) is 0 Å². The first-order chi connectivity index (χ1) is 13.1. The standard InChI is InChI=1S/C20H25ClN4O2/c1-2-27-17-7-5-16(6-8-17)14-24-10-12-25(13-11-24)15-19(26)23-18-4-3-9-22-20(18)21/h3-9H,2,10-15H2,1H3,(H,23,26). The molecule has 0 bridgehead atoms. The molecule has 144 valence electrons. The van der Waals surface area contributed by atoms with E-state index >= 15 is 0 Å². The number of hydrogen-bond acceptors (Lipinski definition) is 5. The van der Waals surface area contributed by atoms with Crippen LogP contribution in [0, 0.1) is 0 Å². The summed E-state index contributed by atoms with van der Waals surface area (Å²) in [5.74, 6) is 0.843. The molecule has 1 amide bonds. The van der Waals surface area contributed by atoms with E-state index in [1.54, 1.807) is 18.3 Å². The van der Waals surface area contributed by atoms with Gasteiger partial charge in [0.1, 0.15) is 5.75 Å². The minimum atomic E-state index is -0.0649. The number of aromatic nitrogens is 1. The lowest BCUT2D eigenvalue weighted by molar-refractivity contribution is -0.117. The van der Waals surface area contributed by atoms with Gasteiger partial charge in [0.05, 0.1) is 18.8 Å². The molecule has 1 fully saturated rings. The fourth-order valence-corrected chi connectivity index (χ4v) is 3.26. The van der Waals surface area contributed by atoms with Gasteiger partial charge in [-0.3, -0.25) is 14.6 Å². The topological polar surface area (TPSA) is 57.7 Å². The zero-order valence-electron chi connectivity index (χ0n) is 15.5. The van der Waals surface area contributed by atoms with Gasteiger partial charge in [0.15, 0.2) is 5.15 Å². The van der Waals surface area contributed by atoms with E-state index in [0.29, 0.717) is 24.0 Å². The van der Waals surface area contributed by atoms with Crippen molar-refractivity contribution in [2.24, 2.45) is 0 Å². The monoisotopic (exact) mass is 388 g/mol. The number of rotatable bonds is 7. The lowest BCUT2D eigenvalue weighted by atomic mass is 10.2. The summed E-state index contributed by atoms with van der Waals surface area (Å²) in [6, 6.07) is 11.8.